The molecule has 1 aliphatic heterocycles. The monoisotopic (exact) mass is 194 g/mol. The molecule has 1 rings (SSSR count). The van der Waals surface area contributed by atoms with E-state index in [1.807, 2.05) is 0 Å². The fourth-order valence-corrected chi connectivity index (χ4v) is 1.60. The molecule has 14 heavy (non-hydrogen) atoms. The summed E-state index contributed by atoms with van der Waals surface area (Å²) >= 11 is 0. The number of carbonyl (C=O) groups excluding carboxylic acids is 1. The summed E-state index contributed by atoms with van der Waals surface area (Å²) < 4.78 is 0. The molecule has 1 heterocycles. The predicted octanol–water partition coefficient (Wildman–Crippen LogP) is 0.658. The topological polar surface area (TPSA) is 41.1 Å². The second-order valence-electron chi connectivity index (χ2n) is 3.60. The lowest BCUT2D eigenvalue weighted by atomic mass is 10.2. The van der Waals surface area contributed by atoms with E-state index in [2.05, 4.69) is 16.6 Å². The fourth-order valence-electron chi connectivity index (χ4n) is 1.60. The SMILES string of the molecule is C#CCCCCNC(=O)[C@H]1CCCN1. The maximum absolute atomic E-state index is 11.5. The summed E-state index contributed by atoms with van der Waals surface area (Å²) in [5, 5.41) is 6.08. The zero-order valence-corrected chi connectivity index (χ0v) is 8.51. The molecule has 0 aromatic rings. The lowest BCUT2D eigenvalue weighted by Crippen LogP contribution is -2.40. The second kappa shape index (κ2) is 6.44. The van der Waals surface area contributed by atoms with Crippen LogP contribution in [0.1, 0.15) is 32.1 Å². The molecule has 3 heteroatoms. The van der Waals surface area contributed by atoms with Crippen LogP contribution in [-0.4, -0.2) is 25.0 Å². The van der Waals surface area contributed by atoms with Gasteiger partial charge in [0.25, 0.3) is 0 Å². The molecule has 78 valence electrons. The highest BCUT2D eigenvalue weighted by Gasteiger charge is 2.20. The van der Waals surface area contributed by atoms with Gasteiger partial charge in [0, 0.05) is 13.0 Å². The Morgan fingerprint density at radius 2 is 2.43 bits per heavy atom. The molecule has 3 nitrogen and oxygen atoms in total. The van der Waals surface area contributed by atoms with Gasteiger partial charge in [-0.05, 0) is 32.2 Å². The van der Waals surface area contributed by atoms with Crippen molar-refractivity contribution < 1.29 is 4.79 Å². The fraction of sp³-hybridized carbons (Fsp3) is 0.727. The smallest absolute Gasteiger partial charge is 0.237 e. The standard InChI is InChI=1S/C11H18N2O/c1-2-3-4-5-8-13-11(14)10-7-6-9-12-10/h1,10,12H,3-9H2,(H,13,14)/t10-/m1/s1. The minimum atomic E-state index is 0.0441. The van der Waals surface area contributed by atoms with Crippen molar-refractivity contribution in [3.63, 3.8) is 0 Å². The van der Waals surface area contributed by atoms with E-state index in [0.717, 1.165) is 45.2 Å². The number of hydrogen-bond acceptors (Lipinski definition) is 2. The normalized spacial score (nSPS) is 20.4. The van der Waals surface area contributed by atoms with E-state index < -0.39 is 0 Å². The van der Waals surface area contributed by atoms with Crippen molar-refractivity contribution in [2.24, 2.45) is 0 Å². The highest BCUT2D eigenvalue weighted by Crippen LogP contribution is 2.04. The summed E-state index contributed by atoms with van der Waals surface area (Å²) in [6.45, 7) is 1.72. The Balaban J connectivity index is 2.00. The average molecular weight is 194 g/mol. The number of unbranched alkanes of at least 4 members (excludes halogenated alkanes) is 2. The van der Waals surface area contributed by atoms with Gasteiger partial charge >= 0.3 is 0 Å². The molecule has 0 unspecified atom stereocenters. The van der Waals surface area contributed by atoms with E-state index >= 15 is 0 Å². The van der Waals surface area contributed by atoms with Crippen LogP contribution >= 0.6 is 0 Å². The van der Waals surface area contributed by atoms with Crippen molar-refractivity contribution in [3.05, 3.63) is 0 Å². The molecule has 0 saturated carbocycles. The van der Waals surface area contributed by atoms with Crippen LogP contribution in [0.25, 0.3) is 0 Å². The van der Waals surface area contributed by atoms with Crippen LogP contribution in [0.5, 0.6) is 0 Å². The quantitative estimate of drug-likeness (QED) is 0.498. The van der Waals surface area contributed by atoms with Gasteiger partial charge in [-0.15, -0.1) is 12.3 Å². The molecule has 2 N–H and O–H groups in total. The third-order valence-electron chi connectivity index (χ3n) is 2.42. The van der Waals surface area contributed by atoms with Gasteiger partial charge in [-0.25, -0.2) is 0 Å². The van der Waals surface area contributed by atoms with Crippen LogP contribution in [0, 0.1) is 12.3 Å². The lowest BCUT2D eigenvalue weighted by Gasteiger charge is -2.10. The molecule has 0 bridgehead atoms. The number of rotatable bonds is 5. The summed E-state index contributed by atoms with van der Waals surface area (Å²) in [5.41, 5.74) is 0. The molecule has 0 aliphatic carbocycles. The minimum Gasteiger partial charge on any atom is -0.355 e. The first-order chi connectivity index (χ1) is 6.84. The van der Waals surface area contributed by atoms with Crippen molar-refractivity contribution in [1.29, 1.82) is 0 Å². The first-order valence-electron chi connectivity index (χ1n) is 5.29. The molecule has 0 spiro atoms. The van der Waals surface area contributed by atoms with E-state index in [4.69, 9.17) is 6.42 Å². The summed E-state index contributed by atoms with van der Waals surface area (Å²) in [7, 11) is 0. The number of terminal acetylenes is 1. The molecule has 1 amide bonds. The van der Waals surface area contributed by atoms with Gasteiger partial charge in [-0.2, -0.15) is 0 Å². The molecule has 0 aromatic heterocycles. The van der Waals surface area contributed by atoms with Gasteiger partial charge in [-0.1, -0.05) is 0 Å². The number of amides is 1. The first-order valence-corrected chi connectivity index (χ1v) is 5.29. The average Bonchev–Trinajstić information content (AvgIpc) is 2.70. The first kappa shape index (κ1) is 11.1. The molecule has 0 aromatic carbocycles. The van der Waals surface area contributed by atoms with Crippen molar-refractivity contribution >= 4 is 5.91 Å². The van der Waals surface area contributed by atoms with Gasteiger partial charge < -0.3 is 10.6 Å². The minimum absolute atomic E-state index is 0.0441. The van der Waals surface area contributed by atoms with E-state index in [-0.39, 0.29) is 11.9 Å². The van der Waals surface area contributed by atoms with Crippen LogP contribution in [0.4, 0.5) is 0 Å². The Kier molecular flexibility index (Phi) is 5.09. The molecular weight excluding hydrogens is 176 g/mol. The van der Waals surface area contributed by atoms with E-state index in [1.165, 1.54) is 0 Å². The lowest BCUT2D eigenvalue weighted by molar-refractivity contribution is -0.122. The van der Waals surface area contributed by atoms with Gasteiger partial charge in [0.15, 0.2) is 0 Å². The Morgan fingerprint density at radius 1 is 1.57 bits per heavy atom. The maximum Gasteiger partial charge on any atom is 0.237 e. The number of nitrogens with one attached hydrogen (secondary N) is 2. The van der Waals surface area contributed by atoms with Crippen LogP contribution in [-0.2, 0) is 4.79 Å². The molecule has 1 saturated heterocycles. The van der Waals surface area contributed by atoms with Gasteiger partial charge in [0.2, 0.25) is 5.91 Å². The Labute approximate surface area is 85.6 Å². The third-order valence-corrected chi connectivity index (χ3v) is 2.42. The molecule has 1 aliphatic rings. The highest BCUT2D eigenvalue weighted by atomic mass is 16.2. The van der Waals surface area contributed by atoms with Gasteiger partial charge in [0.05, 0.1) is 6.04 Å². The number of hydrogen-bond donors (Lipinski definition) is 2. The molecular formula is C11H18N2O. The predicted molar refractivity (Wildman–Crippen MR) is 56.7 cm³/mol. The van der Waals surface area contributed by atoms with Gasteiger partial charge in [-0.3, -0.25) is 4.79 Å². The van der Waals surface area contributed by atoms with E-state index in [0.29, 0.717) is 0 Å². The van der Waals surface area contributed by atoms with Crippen LogP contribution in [0.2, 0.25) is 0 Å². The van der Waals surface area contributed by atoms with Crippen LogP contribution in [0.3, 0.4) is 0 Å². The van der Waals surface area contributed by atoms with E-state index in [9.17, 15) is 4.79 Å². The second-order valence-corrected chi connectivity index (χ2v) is 3.60. The zero-order chi connectivity index (χ0) is 10.2. The Bertz CT molecular complexity index is 214. The summed E-state index contributed by atoms with van der Waals surface area (Å²) in [4.78, 5) is 11.5. The van der Waals surface area contributed by atoms with Crippen LogP contribution < -0.4 is 10.6 Å². The Morgan fingerprint density at radius 3 is 3.07 bits per heavy atom. The molecule has 1 fully saturated rings. The largest absolute Gasteiger partial charge is 0.355 e. The van der Waals surface area contributed by atoms with Gasteiger partial charge in [0.1, 0.15) is 0 Å². The number of carbonyl (C=O) groups is 1. The zero-order valence-electron chi connectivity index (χ0n) is 8.51. The van der Waals surface area contributed by atoms with Crippen molar-refractivity contribution in [3.8, 4) is 12.3 Å². The highest BCUT2D eigenvalue weighted by molar-refractivity contribution is 5.81. The molecule has 1 atom stereocenters. The molecule has 0 radical (unpaired) electrons. The summed E-state index contributed by atoms with van der Waals surface area (Å²) in [6.07, 6.45) is 9.97. The van der Waals surface area contributed by atoms with Crippen molar-refractivity contribution in [2.45, 2.75) is 38.1 Å². The Hall–Kier alpha value is -1.01. The third kappa shape index (κ3) is 3.80. The van der Waals surface area contributed by atoms with Crippen molar-refractivity contribution in [2.75, 3.05) is 13.1 Å². The van der Waals surface area contributed by atoms with Crippen LogP contribution in [0.15, 0.2) is 0 Å². The summed E-state index contributed by atoms with van der Waals surface area (Å²) in [6, 6.07) is 0.0441. The maximum atomic E-state index is 11.5. The van der Waals surface area contributed by atoms with Crippen molar-refractivity contribution in [1.82, 2.24) is 10.6 Å². The van der Waals surface area contributed by atoms with E-state index in [1.54, 1.807) is 0 Å². The summed E-state index contributed by atoms with van der Waals surface area (Å²) in [5.74, 6) is 2.73.